The van der Waals surface area contributed by atoms with Gasteiger partial charge in [0.2, 0.25) is 5.89 Å². The Morgan fingerprint density at radius 3 is 2.75 bits per heavy atom. The largest absolute Gasteiger partial charge is 0.420 e. The standard InChI is InChI=1S/C13H19N5OS/c1-13(2,3)11-10(20-18-16-11)12-17-15-9(19-12)6-7-14-8-4-5-8/h8,14H,4-7H2,1-3H3. The summed E-state index contributed by atoms with van der Waals surface area (Å²) in [4.78, 5) is 0.881. The molecule has 0 unspecified atom stereocenters. The van der Waals surface area contributed by atoms with E-state index < -0.39 is 0 Å². The first-order valence-electron chi connectivity index (χ1n) is 6.93. The van der Waals surface area contributed by atoms with E-state index in [2.05, 4.69) is 45.9 Å². The van der Waals surface area contributed by atoms with Crippen molar-refractivity contribution >= 4 is 11.5 Å². The molecule has 6 nitrogen and oxygen atoms in total. The molecule has 0 aromatic carbocycles. The summed E-state index contributed by atoms with van der Waals surface area (Å²) in [6.45, 7) is 7.19. The van der Waals surface area contributed by atoms with Crippen LogP contribution in [-0.4, -0.2) is 32.4 Å². The van der Waals surface area contributed by atoms with Gasteiger partial charge in [-0.3, -0.25) is 0 Å². The van der Waals surface area contributed by atoms with E-state index in [9.17, 15) is 0 Å². The Balaban J connectivity index is 1.71. The van der Waals surface area contributed by atoms with Gasteiger partial charge in [0.15, 0.2) is 0 Å². The van der Waals surface area contributed by atoms with E-state index in [1.807, 2.05) is 0 Å². The molecule has 2 heterocycles. The molecule has 3 rings (SSSR count). The van der Waals surface area contributed by atoms with E-state index in [0.717, 1.165) is 23.5 Å². The van der Waals surface area contributed by atoms with Crippen molar-refractivity contribution in [1.82, 2.24) is 25.1 Å². The van der Waals surface area contributed by atoms with Crippen LogP contribution in [0.5, 0.6) is 0 Å². The van der Waals surface area contributed by atoms with Crippen LogP contribution in [0.3, 0.4) is 0 Å². The summed E-state index contributed by atoms with van der Waals surface area (Å²) < 4.78 is 9.75. The molecule has 1 fully saturated rings. The lowest BCUT2D eigenvalue weighted by molar-refractivity contribution is 0.491. The first-order chi connectivity index (χ1) is 9.54. The van der Waals surface area contributed by atoms with E-state index in [-0.39, 0.29) is 5.41 Å². The molecule has 2 aromatic rings. The molecule has 0 radical (unpaired) electrons. The Kier molecular flexibility index (Phi) is 3.55. The predicted octanol–water partition coefficient (Wildman–Crippen LogP) is 2.18. The molecule has 1 N–H and O–H groups in total. The highest BCUT2D eigenvalue weighted by Crippen LogP contribution is 2.33. The van der Waals surface area contributed by atoms with Gasteiger partial charge < -0.3 is 9.73 Å². The SMILES string of the molecule is CC(C)(C)c1nnsc1-c1nnc(CCNC2CC2)o1. The molecule has 0 atom stereocenters. The van der Waals surface area contributed by atoms with Crippen molar-refractivity contribution in [2.75, 3.05) is 6.54 Å². The smallest absolute Gasteiger partial charge is 0.261 e. The Bertz CT molecular complexity index is 582. The van der Waals surface area contributed by atoms with Crippen molar-refractivity contribution in [3.8, 4) is 10.8 Å². The molecule has 108 valence electrons. The van der Waals surface area contributed by atoms with Gasteiger partial charge in [-0.15, -0.1) is 15.3 Å². The number of rotatable bonds is 5. The normalized spacial score (nSPS) is 15.8. The van der Waals surface area contributed by atoms with Crippen LogP contribution in [0, 0.1) is 0 Å². The molecule has 2 aromatic heterocycles. The monoisotopic (exact) mass is 293 g/mol. The van der Waals surface area contributed by atoms with Crippen LogP contribution in [0.15, 0.2) is 4.42 Å². The summed E-state index contributed by atoms with van der Waals surface area (Å²) in [6.07, 6.45) is 3.34. The van der Waals surface area contributed by atoms with E-state index in [1.54, 1.807) is 0 Å². The summed E-state index contributed by atoms with van der Waals surface area (Å²) >= 11 is 1.31. The summed E-state index contributed by atoms with van der Waals surface area (Å²) in [5.41, 5.74) is 0.832. The van der Waals surface area contributed by atoms with Crippen LogP contribution in [0.2, 0.25) is 0 Å². The Hall–Kier alpha value is -1.34. The Morgan fingerprint density at radius 2 is 2.05 bits per heavy atom. The van der Waals surface area contributed by atoms with Crippen molar-refractivity contribution in [2.24, 2.45) is 0 Å². The van der Waals surface area contributed by atoms with Gasteiger partial charge in [0, 0.05) is 24.4 Å². The molecular formula is C13H19N5OS. The molecular weight excluding hydrogens is 274 g/mol. The maximum atomic E-state index is 5.73. The van der Waals surface area contributed by atoms with Crippen molar-refractivity contribution in [3.05, 3.63) is 11.6 Å². The second-order valence-corrected chi connectivity index (χ2v) is 6.93. The summed E-state index contributed by atoms with van der Waals surface area (Å²) in [6, 6.07) is 0.704. The molecule has 1 saturated carbocycles. The van der Waals surface area contributed by atoms with Crippen LogP contribution >= 0.6 is 11.5 Å². The summed E-state index contributed by atoms with van der Waals surface area (Å²) in [7, 11) is 0. The zero-order valence-electron chi connectivity index (χ0n) is 12.0. The number of nitrogens with zero attached hydrogens (tertiary/aromatic N) is 4. The number of hydrogen-bond acceptors (Lipinski definition) is 7. The maximum Gasteiger partial charge on any atom is 0.261 e. The third-order valence-electron chi connectivity index (χ3n) is 3.21. The highest BCUT2D eigenvalue weighted by atomic mass is 32.1. The van der Waals surface area contributed by atoms with Gasteiger partial charge >= 0.3 is 0 Å². The summed E-state index contributed by atoms with van der Waals surface area (Å²) in [5, 5.41) is 15.9. The molecule has 0 saturated heterocycles. The van der Waals surface area contributed by atoms with E-state index in [1.165, 1.54) is 24.4 Å². The lowest BCUT2D eigenvalue weighted by atomic mass is 9.91. The predicted molar refractivity (Wildman–Crippen MR) is 76.6 cm³/mol. The van der Waals surface area contributed by atoms with Gasteiger partial charge in [0.25, 0.3) is 5.89 Å². The molecule has 0 aliphatic heterocycles. The van der Waals surface area contributed by atoms with Crippen LogP contribution in [-0.2, 0) is 11.8 Å². The average molecular weight is 293 g/mol. The van der Waals surface area contributed by atoms with Crippen molar-refractivity contribution in [3.63, 3.8) is 0 Å². The van der Waals surface area contributed by atoms with Crippen LogP contribution in [0.4, 0.5) is 0 Å². The number of hydrogen-bond donors (Lipinski definition) is 1. The molecule has 7 heteroatoms. The van der Waals surface area contributed by atoms with E-state index >= 15 is 0 Å². The van der Waals surface area contributed by atoms with Crippen molar-refractivity contribution in [1.29, 1.82) is 0 Å². The Labute approximate surface area is 122 Å². The van der Waals surface area contributed by atoms with Crippen LogP contribution in [0.1, 0.15) is 45.2 Å². The van der Waals surface area contributed by atoms with E-state index in [0.29, 0.717) is 17.8 Å². The third-order valence-corrected chi connectivity index (χ3v) is 3.92. The second kappa shape index (κ2) is 5.21. The molecule has 1 aliphatic carbocycles. The van der Waals surface area contributed by atoms with Gasteiger partial charge in [0.1, 0.15) is 4.88 Å². The lowest BCUT2D eigenvalue weighted by Gasteiger charge is -2.14. The zero-order chi connectivity index (χ0) is 14.2. The van der Waals surface area contributed by atoms with E-state index in [4.69, 9.17) is 4.42 Å². The van der Waals surface area contributed by atoms with Crippen molar-refractivity contribution < 1.29 is 4.42 Å². The molecule has 20 heavy (non-hydrogen) atoms. The fourth-order valence-corrected chi connectivity index (χ4v) is 2.74. The molecule has 0 amide bonds. The van der Waals surface area contributed by atoms with Crippen molar-refractivity contribution in [2.45, 2.75) is 51.5 Å². The zero-order valence-corrected chi connectivity index (χ0v) is 12.8. The topological polar surface area (TPSA) is 76.7 Å². The van der Waals surface area contributed by atoms with Gasteiger partial charge in [-0.25, -0.2) is 0 Å². The first-order valence-corrected chi connectivity index (χ1v) is 7.70. The van der Waals surface area contributed by atoms with Crippen LogP contribution in [0.25, 0.3) is 10.8 Å². The average Bonchev–Trinajstić information content (AvgIpc) is 2.91. The minimum absolute atomic E-state index is 0.0789. The maximum absolute atomic E-state index is 5.73. The fraction of sp³-hybridized carbons (Fsp3) is 0.692. The second-order valence-electron chi connectivity index (χ2n) is 6.18. The van der Waals surface area contributed by atoms with Gasteiger partial charge in [0.05, 0.1) is 5.69 Å². The lowest BCUT2D eigenvalue weighted by Crippen LogP contribution is -2.19. The van der Waals surface area contributed by atoms with Gasteiger partial charge in [-0.05, 0) is 24.4 Å². The van der Waals surface area contributed by atoms with Crippen LogP contribution < -0.4 is 5.32 Å². The minimum Gasteiger partial charge on any atom is -0.420 e. The third kappa shape index (κ3) is 3.04. The molecule has 0 spiro atoms. The first kappa shape index (κ1) is 13.6. The highest BCUT2D eigenvalue weighted by molar-refractivity contribution is 7.09. The molecule has 0 bridgehead atoms. The minimum atomic E-state index is -0.0789. The quantitative estimate of drug-likeness (QED) is 0.910. The fourth-order valence-electron chi connectivity index (χ4n) is 1.94. The number of nitrogens with one attached hydrogen (secondary N) is 1. The number of aromatic nitrogens is 4. The van der Waals surface area contributed by atoms with Gasteiger partial charge in [-0.2, -0.15) is 0 Å². The Morgan fingerprint density at radius 1 is 1.25 bits per heavy atom. The highest BCUT2D eigenvalue weighted by Gasteiger charge is 2.26. The molecule has 1 aliphatic rings. The summed E-state index contributed by atoms with van der Waals surface area (Å²) in [5.74, 6) is 1.20. The van der Waals surface area contributed by atoms with Gasteiger partial charge in [-0.1, -0.05) is 25.3 Å².